The quantitative estimate of drug-likeness (QED) is 0.864. The van der Waals surface area contributed by atoms with E-state index in [-0.39, 0.29) is 6.10 Å². The molecule has 1 aromatic carbocycles. The van der Waals surface area contributed by atoms with Gasteiger partial charge in [-0.2, -0.15) is 0 Å². The Kier molecular flexibility index (Phi) is 3.65. The van der Waals surface area contributed by atoms with E-state index >= 15 is 0 Å². The SMILES string of the molecule is CNC1CC(c2cc(Br)c(C)s2)Oc2ccccc21. The number of halogens is 1. The molecule has 1 aliphatic rings. The highest BCUT2D eigenvalue weighted by Gasteiger charge is 2.29. The van der Waals surface area contributed by atoms with Crippen molar-refractivity contribution >= 4 is 27.3 Å². The lowest BCUT2D eigenvalue weighted by Crippen LogP contribution is -2.26. The predicted octanol–water partition coefficient (Wildman–Crippen LogP) is 4.60. The van der Waals surface area contributed by atoms with Crippen LogP contribution in [0.25, 0.3) is 0 Å². The summed E-state index contributed by atoms with van der Waals surface area (Å²) >= 11 is 5.39. The van der Waals surface area contributed by atoms with Crippen molar-refractivity contribution in [2.75, 3.05) is 7.05 Å². The van der Waals surface area contributed by atoms with Gasteiger partial charge in [0.1, 0.15) is 11.9 Å². The largest absolute Gasteiger partial charge is 0.484 e. The summed E-state index contributed by atoms with van der Waals surface area (Å²) in [5, 5.41) is 3.39. The first kappa shape index (κ1) is 13.2. The summed E-state index contributed by atoms with van der Waals surface area (Å²) in [6.07, 6.45) is 1.11. The molecule has 0 radical (unpaired) electrons. The van der Waals surface area contributed by atoms with Gasteiger partial charge in [0.2, 0.25) is 0 Å². The van der Waals surface area contributed by atoms with Crippen molar-refractivity contribution in [3.8, 4) is 5.75 Å². The van der Waals surface area contributed by atoms with E-state index in [2.05, 4.69) is 52.4 Å². The Hall–Kier alpha value is -0.840. The van der Waals surface area contributed by atoms with Gasteiger partial charge >= 0.3 is 0 Å². The highest BCUT2D eigenvalue weighted by Crippen LogP contribution is 2.43. The fourth-order valence-electron chi connectivity index (χ4n) is 2.51. The van der Waals surface area contributed by atoms with Crippen LogP contribution < -0.4 is 10.1 Å². The monoisotopic (exact) mass is 337 g/mol. The molecule has 2 nitrogen and oxygen atoms in total. The topological polar surface area (TPSA) is 21.3 Å². The molecule has 0 saturated heterocycles. The van der Waals surface area contributed by atoms with Crippen LogP contribution in [0.5, 0.6) is 5.75 Å². The normalized spacial score (nSPS) is 21.8. The summed E-state index contributed by atoms with van der Waals surface area (Å²) in [5.41, 5.74) is 1.26. The molecular weight excluding hydrogens is 322 g/mol. The van der Waals surface area contributed by atoms with Gasteiger partial charge < -0.3 is 10.1 Å². The molecule has 0 aliphatic carbocycles. The second kappa shape index (κ2) is 5.27. The summed E-state index contributed by atoms with van der Waals surface area (Å²) in [4.78, 5) is 2.59. The molecule has 2 unspecified atom stereocenters. The lowest BCUT2D eigenvalue weighted by atomic mass is 9.96. The third-order valence-electron chi connectivity index (χ3n) is 3.56. The van der Waals surface area contributed by atoms with Crippen molar-refractivity contribution in [2.45, 2.75) is 25.5 Å². The van der Waals surface area contributed by atoms with Gasteiger partial charge in [0, 0.05) is 32.3 Å². The summed E-state index contributed by atoms with van der Waals surface area (Å²) in [6.45, 7) is 2.13. The molecular formula is C15H16BrNOS. The van der Waals surface area contributed by atoms with Gasteiger partial charge in [0.15, 0.2) is 0 Å². The van der Waals surface area contributed by atoms with Gasteiger partial charge in [0.05, 0.1) is 0 Å². The standard InChI is InChI=1S/C15H16BrNOS/c1-9-11(16)7-15(19-9)14-8-12(17-2)10-5-3-4-6-13(10)18-14/h3-7,12,14,17H,8H2,1-2H3. The average Bonchev–Trinajstić information content (AvgIpc) is 2.77. The first-order valence-electron chi connectivity index (χ1n) is 6.37. The summed E-state index contributed by atoms with van der Waals surface area (Å²) in [5.74, 6) is 1.00. The number of hydrogen-bond donors (Lipinski definition) is 1. The van der Waals surface area contributed by atoms with Crippen LogP contribution in [0.4, 0.5) is 0 Å². The second-order valence-electron chi connectivity index (χ2n) is 4.77. The van der Waals surface area contributed by atoms with Gasteiger partial charge in [-0.25, -0.2) is 0 Å². The Labute approximate surface area is 125 Å². The molecule has 1 aliphatic heterocycles. The van der Waals surface area contributed by atoms with Crippen LogP contribution in [0.2, 0.25) is 0 Å². The Morgan fingerprint density at radius 2 is 2.16 bits per heavy atom. The van der Waals surface area contributed by atoms with Gasteiger partial charge in [0.25, 0.3) is 0 Å². The molecule has 4 heteroatoms. The molecule has 19 heavy (non-hydrogen) atoms. The zero-order valence-electron chi connectivity index (χ0n) is 10.9. The molecule has 3 rings (SSSR count). The lowest BCUT2D eigenvalue weighted by Gasteiger charge is -2.31. The van der Waals surface area contributed by atoms with Crippen molar-refractivity contribution < 1.29 is 4.74 Å². The van der Waals surface area contributed by atoms with Crippen molar-refractivity contribution in [1.82, 2.24) is 5.32 Å². The Bertz CT molecular complexity index is 576. The van der Waals surface area contributed by atoms with E-state index < -0.39 is 0 Å². The number of benzene rings is 1. The van der Waals surface area contributed by atoms with E-state index in [9.17, 15) is 0 Å². The molecule has 2 aromatic rings. The van der Waals surface area contributed by atoms with Gasteiger partial charge in [-0.05, 0) is 42.0 Å². The van der Waals surface area contributed by atoms with Gasteiger partial charge in [-0.3, -0.25) is 0 Å². The summed E-state index contributed by atoms with van der Waals surface area (Å²) < 4.78 is 7.34. The fourth-order valence-corrected chi connectivity index (χ4v) is 4.11. The fraction of sp³-hybridized carbons (Fsp3) is 0.333. The number of aryl methyl sites for hydroxylation is 1. The molecule has 100 valence electrons. The summed E-state index contributed by atoms with van der Waals surface area (Å²) in [6, 6.07) is 10.8. The molecule has 2 atom stereocenters. The van der Waals surface area contributed by atoms with Crippen molar-refractivity contribution in [2.24, 2.45) is 0 Å². The molecule has 1 aromatic heterocycles. The first-order valence-corrected chi connectivity index (χ1v) is 7.98. The minimum Gasteiger partial charge on any atom is -0.484 e. The van der Waals surface area contributed by atoms with Gasteiger partial charge in [-0.15, -0.1) is 11.3 Å². The van der Waals surface area contributed by atoms with Crippen LogP contribution in [-0.4, -0.2) is 7.05 Å². The summed E-state index contributed by atoms with van der Waals surface area (Å²) in [7, 11) is 2.01. The highest BCUT2D eigenvalue weighted by atomic mass is 79.9. The van der Waals surface area contributed by atoms with E-state index in [1.54, 1.807) is 0 Å². The number of rotatable bonds is 2. The van der Waals surface area contributed by atoms with E-state index in [0.717, 1.165) is 12.2 Å². The molecule has 0 amide bonds. The van der Waals surface area contributed by atoms with Crippen molar-refractivity contribution in [3.05, 3.63) is 50.1 Å². The van der Waals surface area contributed by atoms with Gasteiger partial charge in [-0.1, -0.05) is 18.2 Å². The zero-order chi connectivity index (χ0) is 13.4. The Morgan fingerprint density at radius 1 is 1.37 bits per heavy atom. The van der Waals surface area contributed by atoms with Crippen LogP contribution in [0.3, 0.4) is 0 Å². The number of nitrogens with one attached hydrogen (secondary N) is 1. The smallest absolute Gasteiger partial charge is 0.135 e. The van der Waals surface area contributed by atoms with Crippen LogP contribution in [0, 0.1) is 6.92 Å². The average molecular weight is 338 g/mol. The van der Waals surface area contributed by atoms with Crippen LogP contribution >= 0.6 is 27.3 Å². The first-order chi connectivity index (χ1) is 9.19. The number of ether oxygens (including phenoxy) is 1. The van der Waals surface area contributed by atoms with Crippen LogP contribution in [-0.2, 0) is 0 Å². The van der Waals surface area contributed by atoms with E-state index in [4.69, 9.17) is 4.74 Å². The van der Waals surface area contributed by atoms with E-state index in [1.807, 2.05) is 24.5 Å². The maximum absolute atomic E-state index is 6.17. The highest BCUT2D eigenvalue weighted by molar-refractivity contribution is 9.10. The predicted molar refractivity (Wildman–Crippen MR) is 83.0 cm³/mol. The molecule has 0 saturated carbocycles. The number of hydrogen-bond acceptors (Lipinski definition) is 3. The number of fused-ring (bicyclic) bond motifs is 1. The Morgan fingerprint density at radius 3 is 2.84 bits per heavy atom. The second-order valence-corrected chi connectivity index (χ2v) is 6.92. The minimum absolute atomic E-state index is 0.141. The molecule has 1 N–H and O–H groups in total. The van der Waals surface area contributed by atoms with Crippen LogP contribution in [0.15, 0.2) is 34.8 Å². The molecule has 0 bridgehead atoms. The maximum atomic E-state index is 6.17. The number of para-hydroxylation sites is 1. The molecule has 2 heterocycles. The molecule has 0 spiro atoms. The number of thiophene rings is 1. The lowest BCUT2D eigenvalue weighted by molar-refractivity contribution is 0.157. The van der Waals surface area contributed by atoms with E-state index in [0.29, 0.717) is 6.04 Å². The van der Waals surface area contributed by atoms with E-state index in [1.165, 1.54) is 19.8 Å². The zero-order valence-corrected chi connectivity index (χ0v) is 13.3. The molecule has 0 fully saturated rings. The Balaban J connectivity index is 1.95. The maximum Gasteiger partial charge on any atom is 0.135 e. The van der Waals surface area contributed by atoms with Crippen molar-refractivity contribution in [3.63, 3.8) is 0 Å². The third-order valence-corrected chi connectivity index (χ3v) is 5.78. The van der Waals surface area contributed by atoms with Crippen molar-refractivity contribution in [1.29, 1.82) is 0 Å². The minimum atomic E-state index is 0.141. The van der Waals surface area contributed by atoms with Crippen LogP contribution in [0.1, 0.15) is 33.9 Å². The third kappa shape index (κ3) is 2.45.